The number of primary amides is 1. The van der Waals surface area contributed by atoms with Gasteiger partial charge >= 0.3 is 11.9 Å². The fourth-order valence-electron chi connectivity index (χ4n) is 2.80. The number of carboxylic acid groups (broad SMARTS) is 2. The van der Waals surface area contributed by atoms with Crippen LogP contribution in [0, 0.1) is 11.8 Å². The largest absolute Gasteiger partial charge is 0.481 e. The van der Waals surface area contributed by atoms with Crippen LogP contribution in [0.4, 0.5) is 0 Å². The number of nitrogens with one attached hydrogen (secondary N) is 3. The van der Waals surface area contributed by atoms with E-state index in [1.54, 1.807) is 27.7 Å². The van der Waals surface area contributed by atoms with E-state index >= 15 is 0 Å². The van der Waals surface area contributed by atoms with Crippen molar-refractivity contribution in [2.45, 2.75) is 77.5 Å². The standard InChI is InChI=1S/C20H35N5O8/c1-5-10(4)16(19(31)24-15(9(2)3)20(32)33)25-18(30)12(8-14(27)28)23-17(29)11(21)6-7-13(22)26/h9-12,15-16H,5-8,21H2,1-4H3,(H2,22,26)(H,23,29)(H,24,31)(H,25,30)(H,27,28)(H,32,33). The lowest BCUT2D eigenvalue weighted by Gasteiger charge is -2.28. The van der Waals surface area contributed by atoms with Gasteiger partial charge in [0.1, 0.15) is 18.1 Å². The zero-order chi connectivity index (χ0) is 25.9. The predicted molar refractivity (Wildman–Crippen MR) is 116 cm³/mol. The number of amides is 4. The van der Waals surface area contributed by atoms with Crippen molar-refractivity contribution in [1.29, 1.82) is 0 Å². The summed E-state index contributed by atoms with van der Waals surface area (Å²) in [5.74, 6) is -6.75. The normalized spacial score (nSPS) is 15.5. The SMILES string of the molecule is CCC(C)C(NC(=O)C(CC(=O)O)NC(=O)C(N)CCC(N)=O)C(=O)NC(C(=O)O)C(C)C. The van der Waals surface area contributed by atoms with Crippen LogP contribution < -0.4 is 27.4 Å². The van der Waals surface area contributed by atoms with Crippen molar-refractivity contribution < 1.29 is 39.0 Å². The summed E-state index contributed by atoms with van der Waals surface area (Å²) in [5.41, 5.74) is 10.7. The van der Waals surface area contributed by atoms with Crippen molar-refractivity contribution >= 4 is 35.6 Å². The average Bonchev–Trinajstić information content (AvgIpc) is 2.71. The molecule has 0 aliphatic carbocycles. The van der Waals surface area contributed by atoms with Crippen LogP contribution in [0.2, 0.25) is 0 Å². The Morgan fingerprint density at radius 3 is 1.82 bits per heavy atom. The molecule has 4 amide bonds. The van der Waals surface area contributed by atoms with E-state index < -0.39 is 78.0 Å². The van der Waals surface area contributed by atoms with Gasteiger partial charge in [-0.3, -0.25) is 24.0 Å². The van der Waals surface area contributed by atoms with Crippen LogP contribution in [0.3, 0.4) is 0 Å². The molecule has 0 saturated carbocycles. The molecule has 0 aliphatic rings. The van der Waals surface area contributed by atoms with E-state index in [0.717, 1.165) is 0 Å². The number of carbonyl (C=O) groups excluding carboxylic acids is 4. The number of rotatable bonds is 15. The first-order chi connectivity index (χ1) is 15.2. The van der Waals surface area contributed by atoms with E-state index in [0.29, 0.717) is 6.42 Å². The maximum Gasteiger partial charge on any atom is 0.326 e. The lowest BCUT2D eigenvalue weighted by atomic mass is 9.96. The first-order valence-corrected chi connectivity index (χ1v) is 10.6. The zero-order valence-electron chi connectivity index (χ0n) is 19.3. The summed E-state index contributed by atoms with van der Waals surface area (Å²) >= 11 is 0. The Morgan fingerprint density at radius 1 is 0.848 bits per heavy atom. The molecule has 0 rings (SSSR count). The zero-order valence-corrected chi connectivity index (χ0v) is 19.3. The Labute approximate surface area is 192 Å². The predicted octanol–water partition coefficient (Wildman–Crippen LogP) is -1.70. The first kappa shape index (κ1) is 29.8. The second-order valence-corrected chi connectivity index (χ2v) is 8.21. The quantitative estimate of drug-likeness (QED) is 0.143. The molecular weight excluding hydrogens is 438 g/mol. The molecule has 13 nitrogen and oxygen atoms in total. The number of hydrogen-bond acceptors (Lipinski definition) is 7. The summed E-state index contributed by atoms with van der Waals surface area (Å²) in [6.45, 7) is 6.62. The molecule has 33 heavy (non-hydrogen) atoms. The Morgan fingerprint density at radius 2 is 1.39 bits per heavy atom. The maximum atomic E-state index is 12.8. The number of hydrogen-bond donors (Lipinski definition) is 7. The molecule has 0 aromatic rings. The molecule has 188 valence electrons. The van der Waals surface area contributed by atoms with E-state index in [4.69, 9.17) is 16.6 Å². The molecule has 0 saturated heterocycles. The third-order valence-corrected chi connectivity index (χ3v) is 5.07. The fraction of sp³-hybridized carbons (Fsp3) is 0.700. The second kappa shape index (κ2) is 14.0. The average molecular weight is 474 g/mol. The molecule has 5 unspecified atom stereocenters. The summed E-state index contributed by atoms with van der Waals surface area (Å²) in [5, 5.41) is 25.5. The van der Waals surface area contributed by atoms with Gasteiger partial charge < -0.3 is 37.6 Å². The van der Waals surface area contributed by atoms with E-state index in [9.17, 15) is 33.9 Å². The van der Waals surface area contributed by atoms with Gasteiger partial charge in [0.2, 0.25) is 23.6 Å². The van der Waals surface area contributed by atoms with Gasteiger partial charge in [-0.1, -0.05) is 34.1 Å². The van der Waals surface area contributed by atoms with Crippen molar-refractivity contribution in [1.82, 2.24) is 16.0 Å². The Bertz CT molecular complexity index is 742. The molecule has 0 heterocycles. The van der Waals surface area contributed by atoms with Gasteiger partial charge in [-0.05, 0) is 18.3 Å². The topological polar surface area (TPSA) is 231 Å². The smallest absolute Gasteiger partial charge is 0.326 e. The number of carbonyl (C=O) groups is 6. The highest BCUT2D eigenvalue weighted by atomic mass is 16.4. The van der Waals surface area contributed by atoms with Gasteiger partial charge in [-0.25, -0.2) is 4.79 Å². The Kier molecular flexibility index (Phi) is 12.7. The van der Waals surface area contributed by atoms with E-state index in [1.807, 2.05) is 0 Å². The van der Waals surface area contributed by atoms with Crippen molar-refractivity contribution in [3.63, 3.8) is 0 Å². The van der Waals surface area contributed by atoms with Gasteiger partial charge in [0.25, 0.3) is 0 Å². The van der Waals surface area contributed by atoms with Crippen molar-refractivity contribution in [2.75, 3.05) is 0 Å². The Balaban J connectivity index is 5.54. The van der Waals surface area contributed by atoms with Gasteiger partial charge in [0.05, 0.1) is 12.5 Å². The molecule has 0 spiro atoms. The van der Waals surface area contributed by atoms with E-state index in [2.05, 4.69) is 16.0 Å². The molecule has 9 N–H and O–H groups in total. The minimum Gasteiger partial charge on any atom is -0.481 e. The van der Waals surface area contributed by atoms with Crippen molar-refractivity contribution in [3.8, 4) is 0 Å². The van der Waals surface area contributed by atoms with Crippen LogP contribution in [-0.4, -0.2) is 69.9 Å². The molecule has 13 heteroatoms. The van der Waals surface area contributed by atoms with E-state index in [1.165, 1.54) is 0 Å². The van der Waals surface area contributed by atoms with E-state index in [-0.39, 0.29) is 12.8 Å². The maximum absolute atomic E-state index is 12.8. The second-order valence-electron chi connectivity index (χ2n) is 8.21. The van der Waals surface area contributed by atoms with Gasteiger partial charge in [0.15, 0.2) is 0 Å². The van der Waals surface area contributed by atoms with Gasteiger partial charge in [-0.2, -0.15) is 0 Å². The lowest BCUT2D eigenvalue weighted by molar-refractivity contribution is -0.144. The fourth-order valence-corrected chi connectivity index (χ4v) is 2.80. The van der Waals surface area contributed by atoms with Crippen molar-refractivity contribution in [2.24, 2.45) is 23.3 Å². The number of carboxylic acids is 2. The minimum atomic E-state index is -1.56. The van der Waals surface area contributed by atoms with Crippen LogP contribution in [0.15, 0.2) is 0 Å². The molecule has 0 fully saturated rings. The summed E-state index contributed by atoms with van der Waals surface area (Å²) in [6.07, 6.45) is -0.641. The molecule has 0 aromatic heterocycles. The molecule has 0 aliphatic heterocycles. The van der Waals surface area contributed by atoms with Crippen LogP contribution in [0.25, 0.3) is 0 Å². The third kappa shape index (κ3) is 10.8. The monoisotopic (exact) mass is 473 g/mol. The summed E-state index contributed by atoms with van der Waals surface area (Å²) in [6, 6.07) is -5.15. The summed E-state index contributed by atoms with van der Waals surface area (Å²) in [7, 11) is 0. The third-order valence-electron chi connectivity index (χ3n) is 5.07. The molecule has 0 radical (unpaired) electrons. The summed E-state index contributed by atoms with van der Waals surface area (Å²) in [4.78, 5) is 71.3. The molecule has 0 aromatic carbocycles. The molecule has 5 atom stereocenters. The summed E-state index contributed by atoms with van der Waals surface area (Å²) < 4.78 is 0. The minimum absolute atomic E-state index is 0.105. The van der Waals surface area contributed by atoms with Crippen LogP contribution >= 0.6 is 0 Å². The number of nitrogens with two attached hydrogens (primary N) is 2. The highest BCUT2D eigenvalue weighted by Gasteiger charge is 2.34. The van der Waals surface area contributed by atoms with Crippen LogP contribution in [0.1, 0.15) is 53.4 Å². The van der Waals surface area contributed by atoms with Crippen molar-refractivity contribution in [3.05, 3.63) is 0 Å². The molecular formula is C20H35N5O8. The van der Waals surface area contributed by atoms with Crippen LogP contribution in [-0.2, 0) is 28.8 Å². The highest BCUT2D eigenvalue weighted by Crippen LogP contribution is 2.11. The van der Waals surface area contributed by atoms with Crippen LogP contribution in [0.5, 0.6) is 0 Å². The molecule has 0 bridgehead atoms. The Hall–Kier alpha value is -3.22. The highest BCUT2D eigenvalue weighted by molar-refractivity contribution is 5.95. The number of aliphatic carboxylic acids is 2. The lowest BCUT2D eigenvalue weighted by Crippen LogP contribution is -2.59. The van der Waals surface area contributed by atoms with Gasteiger partial charge in [0, 0.05) is 6.42 Å². The first-order valence-electron chi connectivity index (χ1n) is 10.6. The van der Waals surface area contributed by atoms with Gasteiger partial charge in [-0.15, -0.1) is 0 Å².